The molecule has 0 aliphatic rings. The number of nitrogens with two attached hydrogens (primary N) is 1. The van der Waals surface area contributed by atoms with Gasteiger partial charge in [0.1, 0.15) is 5.75 Å². The van der Waals surface area contributed by atoms with Gasteiger partial charge in [-0.3, -0.25) is 0 Å². The van der Waals surface area contributed by atoms with Crippen LogP contribution in [0.25, 0.3) is 0 Å². The van der Waals surface area contributed by atoms with Gasteiger partial charge in [0, 0.05) is 19.8 Å². The molecule has 0 saturated carbocycles. The molecule has 0 amide bonds. The summed E-state index contributed by atoms with van der Waals surface area (Å²) in [5.41, 5.74) is 9.76. The van der Waals surface area contributed by atoms with Crippen LogP contribution in [0.15, 0.2) is 22.7 Å². The van der Waals surface area contributed by atoms with E-state index in [1.807, 2.05) is 6.92 Å². The van der Waals surface area contributed by atoms with Crippen LogP contribution in [-0.2, 0) is 0 Å². The summed E-state index contributed by atoms with van der Waals surface area (Å²) in [6, 6.07) is 6.13. The molecule has 1 unspecified atom stereocenters. The molecule has 0 fully saturated rings. The van der Waals surface area contributed by atoms with E-state index in [1.54, 1.807) is 18.4 Å². The van der Waals surface area contributed by atoms with Gasteiger partial charge in [-0.25, -0.2) is 0 Å². The molecule has 1 aromatic carbocycles. The Hall–Kier alpha value is -0.840. The molecule has 1 aromatic heterocycles. The van der Waals surface area contributed by atoms with Gasteiger partial charge < -0.3 is 10.5 Å². The molecule has 0 aliphatic carbocycles. The van der Waals surface area contributed by atoms with Crippen molar-refractivity contribution in [2.75, 3.05) is 7.11 Å². The second-order valence-corrected chi connectivity index (χ2v) is 6.85. The molecule has 1 atom stereocenters. The number of ether oxygens (including phenoxy) is 1. The first-order valence-corrected chi connectivity index (χ1v) is 7.72. The Kier molecular flexibility index (Phi) is 4.33. The van der Waals surface area contributed by atoms with Crippen LogP contribution in [0.1, 0.15) is 32.5 Å². The third-order valence-electron chi connectivity index (χ3n) is 3.29. The van der Waals surface area contributed by atoms with Crippen LogP contribution >= 0.6 is 27.3 Å². The average Bonchev–Trinajstić information content (AvgIpc) is 2.79. The maximum absolute atomic E-state index is 6.45. The Bertz CT molecular complexity index is 606. The van der Waals surface area contributed by atoms with Crippen molar-refractivity contribution in [3.8, 4) is 5.75 Å². The third-order valence-corrected chi connectivity index (χ3v) is 5.20. The number of aryl methyl sites for hydroxylation is 2. The molecular weight excluding hydrogens is 322 g/mol. The summed E-state index contributed by atoms with van der Waals surface area (Å²) >= 11 is 5.33. The molecule has 0 saturated heterocycles. The van der Waals surface area contributed by atoms with Crippen molar-refractivity contribution in [3.05, 3.63) is 49.1 Å². The van der Waals surface area contributed by atoms with E-state index >= 15 is 0 Å². The van der Waals surface area contributed by atoms with Crippen LogP contribution in [0.5, 0.6) is 5.75 Å². The molecule has 102 valence electrons. The van der Waals surface area contributed by atoms with Gasteiger partial charge in [-0.1, -0.05) is 15.9 Å². The van der Waals surface area contributed by atoms with E-state index in [0.29, 0.717) is 0 Å². The van der Waals surface area contributed by atoms with Crippen LogP contribution in [-0.4, -0.2) is 7.11 Å². The van der Waals surface area contributed by atoms with Crippen molar-refractivity contribution in [2.45, 2.75) is 26.8 Å². The molecule has 2 rings (SSSR count). The van der Waals surface area contributed by atoms with Crippen molar-refractivity contribution < 1.29 is 4.74 Å². The summed E-state index contributed by atoms with van der Waals surface area (Å²) in [6.45, 7) is 6.21. The van der Waals surface area contributed by atoms with Crippen LogP contribution < -0.4 is 10.5 Å². The summed E-state index contributed by atoms with van der Waals surface area (Å²) in [6.07, 6.45) is 0. The molecular formula is C15H18BrNOS. The van der Waals surface area contributed by atoms with E-state index in [2.05, 4.69) is 48.0 Å². The Morgan fingerprint density at radius 1 is 1.26 bits per heavy atom. The first-order chi connectivity index (χ1) is 8.95. The smallest absolute Gasteiger partial charge is 0.127 e. The number of benzene rings is 1. The lowest BCUT2D eigenvalue weighted by atomic mass is 9.96. The van der Waals surface area contributed by atoms with Crippen LogP contribution in [0.3, 0.4) is 0 Å². The van der Waals surface area contributed by atoms with E-state index in [0.717, 1.165) is 31.8 Å². The Balaban J connectivity index is 2.60. The van der Waals surface area contributed by atoms with E-state index < -0.39 is 0 Å². The van der Waals surface area contributed by atoms with Crippen molar-refractivity contribution in [2.24, 2.45) is 5.73 Å². The summed E-state index contributed by atoms with van der Waals surface area (Å²) in [7, 11) is 1.70. The van der Waals surface area contributed by atoms with E-state index in [4.69, 9.17) is 10.5 Å². The minimum atomic E-state index is -0.148. The van der Waals surface area contributed by atoms with Crippen LogP contribution in [0.2, 0.25) is 0 Å². The normalized spacial score (nSPS) is 12.5. The second kappa shape index (κ2) is 5.65. The van der Waals surface area contributed by atoms with E-state index in [-0.39, 0.29) is 6.04 Å². The Morgan fingerprint density at radius 2 is 1.95 bits per heavy atom. The van der Waals surface area contributed by atoms with Gasteiger partial charge in [0.2, 0.25) is 0 Å². The van der Waals surface area contributed by atoms with Gasteiger partial charge in [0.25, 0.3) is 0 Å². The monoisotopic (exact) mass is 339 g/mol. The Morgan fingerprint density at radius 3 is 2.47 bits per heavy atom. The Labute approximate surface area is 126 Å². The third kappa shape index (κ3) is 2.71. The minimum Gasteiger partial charge on any atom is -0.496 e. The zero-order valence-electron chi connectivity index (χ0n) is 11.6. The number of hydrogen-bond donors (Lipinski definition) is 1. The number of halogens is 1. The van der Waals surface area contributed by atoms with Crippen LogP contribution in [0, 0.1) is 20.8 Å². The summed E-state index contributed by atoms with van der Waals surface area (Å²) in [4.78, 5) is 2.44. The van der Waals surface area contributed by atoms with Crippen molar-refractivity contribution >= 4 is 27.3 Å². The molecule has 0 aliphatic heterocycles. The first-order valence-electron chi connectivity index (χ1n) is 6.11. The predicted octanol–water partition coefficient (Wildman–Crippen LogP) is 4.49. The zero-order valence-corrected chi connectivity index (χ0v) is 14.0. The molecule has 0 radical (unpaired) electrons. The zero-order chi connectivity index (χ0) is 14.2. The van der Waals surface area contributed by atoms with Gasteiger partial charge in [0.15, 0.2) is 0 Å². The molecule has 2 aromatic rings. The topological polar surface area (TPSA) is 35.2 Å². The SMILES string of the molecule is COc1c(C)cc(Br)c(C)c1C(N)c1ccc(C)s1. The molecule has 19 heavy (non-hydrogen) atoms. The largest absolute Gasteiger partial charge is 0.496 e. The summed E-state index contributed by atoms with van der Waals surface area (Å²) in [5, 5.41) is 0. The quantitative estimate of drug-likeness (QED) is 0.893. The maximum Gasteiger partial charge on any atom is 0.127 e. The summed E-state index contributed by atoms with van der Waals surface area (Å²) in [5.74, 6) is 0.888. The molecule has 4 heteroatoms. The highest BCUT2D eigenvalue weighted by atomic mass is 79.9. The molecule has 1 heterocycles. The van der Waals surface area contributed by atoms with Crippen molar-refractivity contribution in [1.82, 2.24) is 0 Å². The lowest BCUT2D eigenvalue weighted by Gasteiger charge is -2.20. The maximum atomic E-state index is 6.45. The summed E-state index contributed by atoms with van der Waals surface area (Å²) < 4.78 is 6.64. The van der Waals surface area contributed by atoms with Gasteiger partial charge in [-0.2, -0.15) is 0 Å². The standard InChI is InChI=1S/C15H18BrNOS/c1-8-7-11(16)10(3)13(15(8)18-4)14(17)12-6-5-9(2)19-12/h5-7,14H,17H2,1-4H3. The fourth-order valence-corrected chi connectivity index (χ4v) is 3.73. The predicted molar refractivity (Wildman–Crippen MR) is 85.3 cm³/mol. The van der Waals surface area contributed by atoms with Gasteiger partial charge in [0.05, 0.1) is 13.2 Å². The molecule has 0 bridgehead atoms. The molecule has 0 spiro atoms. The number of hydrogen-bond acceptors (Lipinski definition) is 3. The van der Waals surface area contributed by atoms with E-state index in [9.17, 15) is 0 Å². The van der Waals surface area contributed by atoms with E-state index in [1.165, 1.54) is 4.88 Å². The lowest BCUT2D eigenvalue weighted by molar-refractivity contribution is 0.404. The average molecular weight is 340 g/mol. The first kappa shape index (κ1) is 14.6. The fourth-order valence-electron chi connectivity index (χ4n) is 2.28. The number of methoxy groups -OCH3 is 1. The van der Waals surface area contributed by atoms with Crippen LogP contribution in [0.4, 0.5) is 0 Å². The second-order valence-electron chi connectivity index (χ2n) is 4.67. The fraction of sp³-hybridized carbons (Fsp3) is 0.333. The highest BCUT2D eigenvalue weighted by Gasteiger charge is 2.21. The van der Waals surface area contributed by atoms with Gasteiger partial charge in [-0.05, 0) is 50.1 Å². The highest BCUT2D eigenvalue weighted by Crippen LogP contribution is 2.39. The van der Waals surface area contributed by atoms with Crippen molar-refractivity contribution in [1.29, 1.82) is 0 Å². The van der Waals surface area contributed by atoms with Crippen molar-refractivity contribution in [3.63, 3.8) is 0 Å². The van der Waals surface area contributed by atoms with Gasteiger partial charge >= 0.3 is 0 Å². The molecule has 2 nitrogen and oxygen atoms in total. The minimum absolute atomic E-state index is 0.148. The lowest BCUT2D eigenvalue weighted by Crippen LogP contribution is -2.14. The molecule has 2 N–H and O–H groups in total. The number of rotatable bonds is 3. The highest BCUT2D eigenvalue weighted by molar-refractivity contribution is 9.10. The number of thiophene rings is 1. The van der Waals surface area contributed by atoms with Gasteiger partial charge in [-0.15, -0.1) is 11.3 Å².